The number of amides is 2. The van der Waals surface area contributed by atoms with Gasteiger partial charge in [0.05, 0.1) is 5.69 Å². The molecule has 0 bridgehead atoms. The van der Waals surface area contributed by atoms with E-state index in [0.29, 0.717) is 0 Å². The van der Waals surface area contributed by atoms with Crippen molar-refractivity contribution in [1.82, 2.24) is 5.32 Å². The molecule has 0 fully saturated rings. The molecule has 1 heterocycles. The van der Waals surface area contributed by atoms with Crippen LogP contribution in [0.2, 0.25) is 0 Å². The third kappa shape index (κ3) is 3.83. The Morgan fingerprint density at radius 1 is 1.25 bits per heavy atom. The van der Waals surface area contributed by atoms with Crippen LogP contribution in [0, 0.1) is 5.92 Å². The molecule has 1 N–H and O–H groups in total. The summed E-state index contributed by atoms with van der Waals surface area (Å²) in [5.41, 5.74) is 2.12. The molecule has 1 aromatic rings. The van der Waals surface area contributed by atoms with E-state index in [0.717, 1.165) is 17.0 Å². The van der Waals surface area contributed by atoms with Gasteiger partial charge in [0.25, 0.3) is 0 Å². The molecule has 24 heavy (non-hydrogen) atoms. The summed E-state index contributed by atoms with van der Waals surface area (Å²) in [6, 6.07) is 7.07. The summed E-state index contributed by atoms with van der Waals surface area (Å²) in [6.45, 7) is 11.7. The number of nitrogens with zero attached hydrogens (tertiary/aromatic N) is 2. The topological polar surface area (TPSA) is 61.8 Å². The second kappa shape index (κ2) is 6.75. The number of aliphatic imine (C=N–C) groups is 1. The van der Waals surface area contributed by atoms with Gasteiger partial charge < -0.3 is 5.32 Å². The Hall–Kier alpha value is -2.17. The fourth-order valence-corrected chi connectivity index (χ4v) is 2.94. The first-order valence-electron chi connectivity index (χ1n) is 8.36. The maximum absolute atomic E-state index is 12.9. The molecule has 0 aromatic heterocycles. The van der Waals surface area contributed by atoms with Gasteiger partial charge >= 0.3 is 0 Å². The Morgan fingerprint density at radius 2 is 1.88 bits per heavy atom. The number of carbonyl (C=O) groups excluding carboxylic acids is 2. The van der Waals surface area contributed by atoms with Crippen LogP contribution in [0.1, 0.15) is 47.1 Å². The van der Waals surface area contributed by atoms with Crippen LogP contribution in [0.4, 0.5) is 5.69 Å². The number of benzene rings is 1. The maximum atomic E-state index is 12.9. The van der Waals surface area contributed by atoms with Gasteiger partial charge in [0, 0.05) is 16.8 Å². The van der Waals surface area contributed by atoms with Gasteiger partial charge in [-0.15, -0.1) is 0 Å². The Morgan fingerprint density at radius 3 is 2.46 bits per heavy atom. The van der Waals surface area contributed by atoms with Crippen molar-refractivity contribution < 1.29 is 9.59 Å². The van der Waals surface area contributed by atoms with E-state index in [9.17, 15) is 9.59 Å². The van der Waals surface area contributed by atoms with Gasteiger partial charge in [0.15, 0.2) is 0 Å². The minimum Gasteiger partial charge on any atom is -0.350 e. The highest BCUT2D eigenvalue weighted by Gasteiger charge is 2.36. The molecular weight excluding hydrogens is 302 g/mol. The minimum atomic E-state index is -0.570. The summed E-state index contributed by atoms with van der Waals surface area (Å²) in [6.07, 6.45) is 0. The van der Waals surface area contributed by atoms with Crippen molar-refractivity contribution in [3.63, 3.8) is 0 Å². The van der Waals surface area contributed by atoms with E-state index < -0.39 is 6.04 Å². The van der Waals surface area contributed by atoms with E-state index in [2.05, 4.69) is 10.3 Å². The van der Waals surface area contributed by atoms with Gasteiger partial charge in [-0.2, -0.15) is 0 Å². The van der Waals surface area contributed by atoms with Crippen molar-refractivity contribution in [1.29, 1.82) is 0 Å². The number of nitrogens with one attached hydrogen (secondary N) is 1. The second-order valence-electron chi connectivity index (χ2n) is 7.61. The molecule has 1 aliphatic heterocycles. The highest BCUT2D eigenvalue weighted by molar-refractivity contribution is 6.12. The predicted octanol–water partition coefficient (Wildman–Crippen LogP) is 2.78. The fourth-order valence-electron chi connectivity index (χ4n) is 2.94. The minimum absolute atomic E-state index is 0.0252. The number of hydrogen-bond donors (Lipinski definition) is 1. The number of rotatable bonds is 3. The van der Waals surface area contributed by atoms with Crippen molar-refractivity contribution >= 4 is 23.2 Å². The normalized spacial score (nSPS) is 16.4. The molecule has 0 saturated heterocycles. The van der Waals surface area contributed by atoms with Crippen molar-refractivity contribution in [2.45, 2.75) is 53.1 Å². The Bertz CT molecular complexity index is 671. The van der Waals surface area contributed by atoms with Crippen LogP contribution in [0.5, 0.6) is 0 Å². The number of para-hydroxylation sites is 1. The molecule has 1 atom stereocenters. The third-order valence-corrected chi connectivity index (χ3v) is 3.95. The third-order valence-electron chi connectivity index (χ3n) is 3.95. The molecule has 5 heteroatoms. The highest BCUT2D eigenvalue weighted by atomic mass is 16.2. The van der Waals surface area contributed by atoms with Crippen LogP contribution < -0.4 is 10.2 Å². The van der Waals surface area contributed by atoms with Crippen LogP contribution in [-0.2, 0) is 9.59 Å². The molecule has 1 unspecified atom stereocenters. The first-order chi connectivity index (χ1) is 11.1. The molecule has 0 radical (unpaired) electrons. The molecule has 0 spiro atoms. The van der Waals surface area contributed by atoms with Gasteiger partial charge in [-0.3, -0.25) is 19.5 Å². The number of hydrogen-bond acceptors (Lipinski definition) is 3. The van der Waals surface area contributed by atoms with Gasteiger partial charge in [0.1, 0.15) is 12.6 Å². The summed E-state index contributed by atoms with van der Waals surface area (Å²) in [5, 5.41) is 3.01. The average molecular weight is 329 g/mol. The standard InChI is InChI=1S/C19H27N3O2/c1-12(2)17(18(24)21-19(4,5)6)22-15-10-8-7-9-14(15)13(3)20-11-16(22)23/h7-10,12,17H,11H2,1-6H3,(H,21,24). The molecule has 0 saturated carbocycles. The lowest BCUT2D eigenvalue weighted by Gasteiger charge is -2.35. The summed E-state index contributed by atoms with van der Waals surface area (Å²) in [5.74, 6) is -0.315. The number of anilines is 1. The van der Waals surface area contributed by atoms with E-state index >= 15 is 0 Å². The summed E-state index contributed by atoms with van der Waals surface area (Å²) < 4.78 is 0. The fraction of sp³-hybridized carbons (Fsp3) is 0.526. The molecule has 5 nitrogen and oxygen atoms in total. The van der Waals surface area contributed by atoms with Gasteiger partial charge in [-0.1, -0.05) is 32.0 Å². The van der Waals surface area contributed by atoms with Crippen molar-refractivity contribution in [2.24, 2.45) is 10.9 Å². The lowest BCUT2D eigenvalue weighted by Crippen LogP contribution is -2.56. The molecule has 1 aromatic carbocycles. The second-order valence-corrected chi connectivity index (χ2v) is 7.61. The Kier molecular flexibility index (Phi) is 5.11. The van der Waals surface area contributed by atoms with Crippen LogP contribution >= 0.6 is 0 Å². The van der Waals surface area contributed by atoms with Crippen molar-refractivity contribution in [3.05, 3.63) is 29.8 Å². The van der Waals surface area contributed by atoms with Gasteiger partial charge in [-0.25, -0.2) is 0 Å². The average Bonchev–Trinajstić information content (AvgIpc) is 2.58. The zero-order valence-corrected chi connectivity index (χ0v) is 15.4. The van der Waals surface area contributed by atoms with Gasteiger partial charge in [0.2, 0.25) is 11.8 Å². The SMILES string of the molecule is CC1=NCC(=O)N(C(C(=O)NC(C)(C)C)C(C)C)c2ccccc21. The Balaban J connectivity index is 2.51. The van der Waals surface area contributed by atoms with E-state index in [1.54, 1.807) is 4.90 Å². The van der Waals surface area contributed by atoms with E-state index in [4.69, 9.17) is 0 Å². The first kappa shape index (κ1) is 18.2. The maximum Gasteiger partial charge on any atom is 0.249 e. The molecule has 130 valence electrons. The lowest BCUT2D eigenvalue weighted by molar-refractivity contribution is -0.128. The smallest absolute Gasteiger partial charge is 0.249 e. The molecule has 0 aliphatic carbocycles. The summed E-state index contributed by atoms with van der Waals surface area (Å²) >= 11 is 0. The largest absolute Gasteiger partial charge is 0.350 e. The van der Waals surface area contributed by atoms with E-state index in [1.807, 2.05) is 65.8 Å². The number of carbonyl (C=O) groups is 2. The molecule has 2 amide bonds. The highest BCUT2D eigenvalue weighted by Crippen LogP contribution is 2.28. The lowest BCUT2D eigenvalue weighted by atomic mass is 9.97. The van der Waals surface area contributed by atoms with Gasteiger partial charge in [-0.05, 0) is 39.7 Å². The number of fused-ring (bicyclic) bond motifs is 1. The monoisotopic (exact) mass is 329 g/mol. The molecular formula is C19H27N3O2. The summed E-state index contributed by atoms with van der Waals surface area (Å²) in [7, 11) is 0. The zero-order chi connectivity index (χ0) is 18.1. The van der Waals surface area contributed by atoms with Crippen molar-refractivity contribution in [2.75, 3.05) is 11.4 Å². The first-order valence-corrected chi connectivity index (χ1v) is 8.36. The van der Waals surface area contributed by atoms with Crippen LogP contribution in [0.15, 0.2) is 29.3 Å². The van der Waals surface area contributed by atoms with Crippen LogP contribution in [0.25, 0.3) is 0 Å². The van der Waals surface area contributed by atoms with Crippen LogP contribution in [-0.4, -0.2) is 35.7 Å². The Labute approximate surface area is 144 Å². The quantitative estimate of drug-likeness (QED) is 0.927. The summed E-state index contributed by atoms with van der Waals surface area (Å²) in [4.78, 5) is 31.7. The molecule has 2 rings (SSSR count). The van der Waals surface area contributed by atoms with E-state index in [1.165, 1.54) is 0 Å². The molecule has 1 aliphatic rings. The predicted molar refractivity (Wildman–Crippen MR) is 97.5 cm³/mol. The van der Waals surface area contributed by atoms with E-state index in [-0.39, 0.29) is 29.8 Å². The van der Waals surface area contributed by atoms with Crippen molar-refractivity contribution in [3.8, 4) is 0 Å². The van der Waals surface area contributed by atoms with Crippen LogP contribution in [0.3, 0.4) is 0 Å². The number of benzodiazepines with no additional fused rings is 1. The zero-order valence-electron chi connectivity index (χ0n) is 15.4.